The minimum Gasteiger partial charge on any atom is -0.341 e. The molecular weight excluding hydrogens is 286 g/mol. The summed E-state index contributed by atoms with van der Waals surface area (Å²) in [5, 5.41) is 7.25. The van der Waals surface area contributed by atoms with E-state index >= 15 is 0 Å². The molecule has 1 amide bonds. The zero-order valence-corrected chi connectivity index (χ0v) is 12.5. The Labute approximate surface area is 116 Å². The van der Waals surface area contributed by atoms with E-state index in [0.717, 1.165) is 10.7 Å². The van der Waals surface area contributed by atoms with Crippen LogP contribution < -0.4 is 5.14 Å². The maximum atomic E-state index is 11.8. The Balaban J connectivity index is 2.02. The average molecular weight is 303 g/mol. The monoisotopic (exact) mass is 303 g/mol. The van der Waals surface area contributed by atoms with Crippen LogP contribution in [0.25, 0.3) is 0 Å². The number of amides is 1. The molecule has 0 spiro atoms. The van der Waals surface area contributed by atoms with Gasteiger partial charge in [0.1, 0.15) is 5.25 Å². The van der Waals surface area contributed by atoms with Crippen LogP contribution in [-0.4, -0.2) is 42.5 Å². The highest BCUT2D eigenvalue weighted by Gasteiger charge is 2.37. The summed E-state index contributed by atoms with van der Waals surface area (Å²) in [4.78, 5) is 17.7. The third-order valence-electron chi connectivity index (χ3n) is 3.20. The maximum Gasteiger partial charge on any atom is 0.224 e. The summed E-state index contributed by atoms with van der Waals surface area (Å²) in [6, 6.07) is 0. The van der Waals surface area contributed by atoms with Gasteiger partial charge in [0.25, 0.3) is 0 Å². The highest BCUT2D eigenvalue weighted by Crippen LogP contribution is 2.24. The van der Waals surface area contributed by atoms with E-state index in [2.05, 4.69) is 4.98 Å². The van der Waals surface area contributed by atoms with Gasteiger partial charge in [0.15, 0.2) is 0 Å². The van der Waals surface area contributed by atoms with Crippen molar-refractivity contribution in [1.82, 2.24) is 9.88 Å². The van der Waals surface area contributed by atoms with Gasteiger partial charge in [-0.2, -0.15) is 0 Å². The molecule has 1 saturated heterocycles. The number of carbonyl (C=O) groups is 1. The molecule has 2 heterocycles. The second-order valence-corrected chi connectivity index (χ2v) is 7.68. The number of sulfonamides is 1. The van der Waals surface area contributed by atoms with Gasteiger partial charge in [0.05, 0.1) is 5.01 Å². The van der Waals surface area contributed by atoms with Crippen molar-refractivity contribution < 1.29 is 13.2 Å². The van der Waals surface area contributed by atoms with Crippen molar-refractivity contribution >= 4 is 27.3 Å². The Morgan fingerprint density at radius 1 is 1.63 bits per heavy atom. The lowest BCUT2D eigenvalue weighted by molar-refractivity contribution is -0.127. The summed E-state index contributed by atoms with van der Waals surface area (Å²) in [6.07, 6.45) is -0.0115. The van der Waals surface area contributed by atoms with E-state index in [0.29, 0.717) is 6.54 Å². The molecule has 2 N–H and O–H groups in total. The molecule has 2 atom stereocenters. The molecule has 1 fully saturated rings. The minimum absolute atomic E-state index is 0.0115. The van der Waals surface area contributed by atoms with E-state index in [1.165, 1.54) is 0 Å². The number of hydrogen-bond donors (Lipinski definition) is 1. The lowest BCUT2D eigenvalue weighted by Gasteiger charge is -2.19. The lowest BCUT2D eigenvalue weighted by atomic mass is 10.2. The molecule has 1 aromatic rings. The molecular formula is C11H17N3O3S2. The number of likely N-dealkylation sites (tertiary alicyclic amines) is 1. The summed E-state index contributed by atoms with van der Waals surface area (Å²) < 4.78 is 22.5. The topological polar surface area (TPSA) is 93.4 Å². The molecule has 1 aromatic heterocycles. The SMILES string of the molecule is Cc1csc(C(C)CN2CC(S(N)(=O)=O)CC2=O)n1. The van der Waals surface area contributed by atoms with Crippen molar-refractivity contribution in [2.24, 2.45) is 5.14 Å². The smallest absolute Gasteiger partial charge is 0.224 e. The number of primary sulfonamides is 1. The number of aromatic nitrogens is 1. The highest BCUT2D eigenvalue weighted by atomic mass is 32.2. The van der Waals surface area contributed by atoms with E-state index in [4.69, 9.17) is 5.14 Å². The van der Waals surface area contributed by atoms with Crippen LogP contribution in [0.1, 0.15) is 30.0 Å². The van der Waals surface area contributed by atoms with Gasteiger partial charge in [0.2, 0.25) is 15.9 Å². The molecule has 8 heteroatoms. The number of carbonyl (C=O) groups excluding carboxylic acids is 1. The second-order valence-electron chi connectivity index (χ2n) is 4.94. The third kappa shape index (κ3) is 3.31. The van der Waals surface area contributed by atoms with Gasteiger partial charge in [0, 0.05) is 36.5 Å². The van der Waals surface area contributed by atoms with E-state index in [1.807, 2.05) is 19.2 Å². The van der Waals surface area contributed by atoms with Gasteiger partial charge >= 0.3 is 0 Å². The quantitative estimate of drug-likeness (QED) is 0.873. The third-order valence-corrected chi connectivity index (χ3v) is 5.64. The first kappa shape index (κ1) is 14.4. The molecule has 6 nitrogen and oxygen atoms in total. The number of rotatable bonds is 4. The summed E-state index contributed by atoms with van der Waals surface area (Å²) in [6.45, 7) is 4.57. The molecule has 0 aliphatic carbocycles. The van der Waals surface area contributed by atoms with Crippen LogP contribution in [0.3, 0.4) is 0 Å². The van der Waals surface area contributed by atoms with Crippen LogP contribution in [0.5, 0.6) is 0 Å². The largest absolute Gasteiger partial charge is 0.341 e. The summed E-state index contributed by atoms with van der Waals surface area (Å²) >= 11 is 1.56. The van der Waals surface area contributed by atoms with Crippen LogP contribution in [-0.2, 0) is 14.8 Å². The minimum atomic E-state index is -3.64. The fraction of sp³-hybridized carbons (Fsp3) is 0.636. The van der Waals surface area contributed by atoms with E-state index in [-0.39, 0.29) is 24.8 Å². The molecule has 2 rings (SSSR count). The lowest BCUT2D eigenvalue weighted by Crippen LogP contribution is -2.33. The predicted molar refractivity (Wildman–Crippen MR) is 73.4 cm³/mol. The molecule has 0 bridgehead atoms. The number of nitrogens with zero attached hydrogens (tertiary/aromatic N) is 2. The number of thiazole rings is 1. The van der Waals surface area contributed by atoms with Gasteiger partial charge in [-0.15, -0.1) is 11.3 Å². The Morgan fingerprint density at radius 2 is 2.32 bits per heavy atom. The first-order chi connectivity index (χ1) is 8.77. The standard InChI is InChI=1S/C11H17N3O3S2/c1-7(11-13-8(2)6-18-11)4-14-5-9(3-10(14)15)19(12,16)17/h6-7,9H,3-5H2,1-2H3,(H2,12,16,17). The zero-order chi connectivity index (χ0) is 14.2. The van der Waals surface area contributed by atoms with Crippen molar-refractivity contribution in [3.63, 3.8) is 0 Å². The van der Waals surface area contributed by atoms with E-state index in [9.17, 15) is 13.2 Å². The average Bonchev–Trinajstić information content (AvgIpc) is 2.85. The van der Waals surface area contributed by atoms with Gasteiger partial charge in [-0.25, -0.2) is 18.5 Å². The second kappa shape index (κ2) is 5.18. The Hall–Kier alpha value is -0.990. The Bertz CT molecular complexity index is 582. The van der Waals surface area contributed by atoms with Crippen LogP contribution >= 0.6 is 11.3 Å². The first-order valence-corrected chi connectivity index (χ1v) is 8.47. The Morgan fingerprint density at radius 3 is 2.79 bits per heavy atom. The van der Waals surface area contributed by atoms with Crippen molar-refractivity contribution in [2.45, 2.75) is 31.4 Å². The predicted octanol–water partition coefficient (Wildman–Crippen LogP) is 0.444. The van der Waals surface area contributed by atoms with Crippen molar-refractivity contribution in [2.75, 3.05) is 13.1 Å². The summed E-state index contributed by atoms with van der Waals surface area (Å²) in [5.74, 6) is -0.0546. The van der Waals surface area contributed by atoms with Crippen LogP contribution in [0.15, 0.2) is 5.38 Å². The van der Waals surface area contributed by atoms with Gasteiger partial charge in [-0.3, -0.25) is 4.79 Å². The van der Waals surface area contributed by atoms with Crippen molar-refractivity contribution in [1.29, 1.82) is 0 Å². The molecule has 2 unspecified atom stereocenters. The van der Waals surface area contributed by atoms with E-state index < -0.39 is 15.3 Å². The molecule has 1 aliphatic heterocycles. The van der Waals surface area contributed by atoms with Gasteiger partial charge in [-0.1, -0.05) is 6.92 Å². The number of aryl methyl sites for hydroxylation is 1. The molecule has 0 radical (unpaired) electrons. The van der Waals surface area contributed by atoms with Crippen LogP contribution in [0.4, 0.5) is 0 Å². The van der Waals surface area contributed by atoms with E-state index in [1.54, 1.807) is 16.2 Å². The van der Waals surface area contributed by atoms with Gasteiger partial charge in [-0.05, 0) is 6.92 Å². The highest BCUT2D eigenvalue weighted by molar-refractivity contribution is 7.89. The van der Waals surface area contributed by atoms with Gasteiger partial charge < -0.3 is 4.90 Å². The molecule has 19 heavy (non-hydrogen) atoms. The van der Waals surface area contributed by atoms with Crippen molar-refractivity contribution in [3.05, 3.63) is 16.1 Å². The fourth-order valence-corrected chi connectivity index (χ4v) is 3.75. The molecule has 0 saturated carbocycles. The van der Waals surface area contributed by atoms with Crippen molar-refractivity contribution in [3.8, 4) is 0 Å². The maximum absolute atomic E-state index is 11.8. The number of hydrogen-bond acceptors (Lipinski definition) is 5. The molecule has 1 aliphatic rings. The normalized spacial score (nSPS) is 21.9. The van der Waals surface area contributed by atoms with Crippen LogP contribution in [0.2, 0.25) is 0 Å². The first-order valence-electron chi connectivity index (χ1n) is 5.98. The summed E-state index contributed by atoms with van der Waals surface area (Å²) in [5.41, 5.74) is 0.960. The number of nitrogens with two attached hydrogens (primary N) is 1. The Kier molecular flexibility index (Phi) is 3.93. The summed E-state index contributed by atoms with van der Waals surface area (Å²) in [7, 11) is -3.64. The molecule has 106 valence electrons. The molecule has 0 aromatic carbocycles. The zero-order valence-electron chi connectivity index (χ0n) is 10.9. The fourth-order valence-electron chi connectivity index (χ4n) is 2.14. The van der Waals surface area contributed by atoms with Crippen LogP contribution in [0, 0.1) is 6.92 Å².